The molecule has 0 aliphatic heterocycles. The van der Waals surface area contributed by atoms with E-state index in [0.29, 0.717) is 22.6 Å². The van der Waals surface area contributed by atoms with Gasteiger partial charge in [0.25, 0.3) is 5.91 Å². The number of aliphatic imine (C=N–C) groups is 1. The molecule has 7 heteroatoms. The van der Waals surface area contributed by atoms with E-state index in [9.17, 15) is 4.79 Å². The Morgan fingerprint density at radius 3 is 2.21 bits per heavy atom. The van der Waals surface area contributed by atoms with Crippen LogP contribution in [0.15, 0.2) is 108 Å². The van der Waals surface area contributed by atoms with E-state index in [1.807, 2.05) is 112 Å². The molecule has 0 aliphatic carbocycles. The third-order valence-corrected chi connectivity index (χ3v) is 5.57. The van der Waals surface area contributed by atoms with Crippen LogP contribution in [0.2, 0.25) is 0 Å². The van der Waals surface area contributed by atoms with E-state index in [0.717, 1.165) is 34.2 Å². The second-order valence-electron chi connectivity index (χ2n) is 8.95. The molecular formula is C31H35N5O2. The van der Waals surface area contributed by atoms with Gasteiger partial charge >= 0.3 is 0 Å². The first-order valence-corrected chi connectivity index (χ1v) is 12.1. The zero-order valence-corrected chi connectivity index (χ0v) is 22.6. The molecule has 0 fully saturated rings. The second-order valence-corrected chi connectivity index (χ2v) is 8.95. The van der Waals surface area contributed by atoms with Crippen molar-refractivity contribution in [3.05, 3.63) is 115 Å². The van der Waals surface area contributed by atoms with Gasteiger partial charge in [0.15, 0.2) is 0 Å². The molecule has 0 aromatic heterocycles. The predicted octanol–water partition coefficient (Wildman–Crippen LogP) is 6.33. The highest BCUT2D eigenvalue weighted by Gasteiger charge is 2.08. The van der Waals surface area contributed by atoms with Gasteiger partial charge in [0.05, 0.1) is 12.8 Å². The van der Waals surface area contributed by atoms with Crippen LogP contribution in [0.4, 0.5) is 17.1 Å². The number of ether oxygens (including phenoxy) is 1. The lowest BCUT2D eigenvalue weighted by molar-refractivity contribution is 0.102. The molecule has 3 aromatic rings. The maximum atomic E-state index is 12.6. The minimum atomic E-state index is -0.160. The summed E-state index contributed by atoms with van der Waals surface area (Å²) < 4.78 is 5.25. The first-order valence-electron chi connectivity index (χ1n) is 12.1. The summed E-state index contributed by atoms with van der Waals surface area (Å²) >= 11 is 0. The number of allylic oxidation sites excluding steroid dienone is 2. The summed E-state index contributed by atoms with van der Waals surface area (Å²) in [6.07, 6.45) is 1.88. The van der Waals surface area contributed by atoms with Gasteiger partial charge in [-0.1, -0.05) is 31.4 Å². The normalized spacial score (nSPS) is 11.4. The number of nitrogens with zero attached hydrogens (tertiary/aromatic N) is 2. The Bertz CT molecular complexity index is 1350. The Morgan fingerprint density at radius 2 is 1.58 bits per heavy atom. The zero-order chi connectivity index (χ0) is 27.7. The Morgan fingerprint density at radius 1 is 0.921 bits per heavy atom. The molecular weight excluding hydrogens is 474 g/mol. The van der Waals surface area contributed by atoms with Crippen molar-refractivity contribution >= 4 is 34.5 Å². The first kappa shape index (κ1) is 27.8. The lowest BCUT2D eigenvalue weighted by Crippen LogP contribution is -2.19. The lowest BCUT2D eigenvalue weighted by atomic mass is 10.1. The number of nitrogens with one attached hydrogen (secondary N) is 3. The standard InChI is InChI=1S/C31H35N5O2/c1-21(19-22(2)33-24(4)34-28-9-8-10-30(20-28)38-7)32-23(3)25-11-15-27(16-12-25)35-31(37)26-13-17-29(18-14-26)36(5)6/h8-20,32H,1,3H2,2,4-7H3,(H,33,34)(H,35,37)/b22-19+. The van der Waals surface area contributed by atoms with E-state index in [-0.39, 0.29) is 5.91 Å². The van der Waals surface area contributed by atoms with Crippen LogP contribution in [0.25, 0.3) is 5.70 Å². The minimum absolute atomic E-state index is 0.160. The number of carbonyl (C=O) groups is 1. The van der Waals surface area contributed by atoms with E-state index in [1.165, 1.54) is 0 Å². The third kappa shape index (κ3) is 8.13. The fourth-order valence-corrected chi connectivity index (χ4v) is 3.66. The average Bonchev–Trinajstić information content (AvgIpc) is 2.88. The predicted molar refractivity (Wildman–Crippen MR) is 159 cm³/mol. The molecule has 3 aromatic carbocycles. The molecule has 0 unspecified atom stereocenters. The van der Waals surface area contributed by atoms with Crippen LogP contribution in [0.3, 0.4) is 0 Å². The molecule has 0 heterocycles. The molecule has 3 rings (SSSR count). The minimum Gasteiger partial charge on any atom is -0.497 e. The quantitative estimate of drug-likeness (QED) is 0.169. The van der Waals surface area contributed by atoms with Crippen molar-refractivity contribution in [2.75, 3.05) is 31.4 Å². The summed E-state index contributed by atoms with van der Waals surface area (Å²) in [5, 5.41) is 9.39. The van der Waals surface area contributed by atoms with Gasteiger partial charge in [-0.25, -0.2) is 4.99 Å². The second kappa shape index (κ2) is 13.0. The van der Waals surface area contributed by atoms with Crippen molar-refractivity contribution in [3.63, 3.8) is 0 Å². The Kier molecular flexibility index (Phi) is 9.48. The molecule has 7 nitrogen and oxygen atoms in total. The van der Waals surface area contributed by atoms with Gasteiger partial charge in [0.2, 0.25) is 0 Å². The molecule has 0 saturated carbocycles. The first-order chi connectivity index (χ1) is 18.1. The van der Waals surface area contributed by atoms with Gasteiger partial charge in [0, 0.05) is 54.2 Å². The van der Waals surface area contributed by atoms with Crippen LogP contribution in [-0.2, 0) is 0 Å². The fraction of sp³-hybridized carbons (Fsp3) is 0.161. The highest BCUT2D eigenvalue weighted by Crippen LogP contribution is 2.20. The van der Waals surface area contributed by atoms with Crippen LogP contribution >= 0.6 is 0 Å². The van der Waals surface area contributed by atoms with E-state index in [4.69, 9.17) is 4.74 Å². The number of methoxy groups -OCH3 is 1. The Balaban J connectivity index is 1.54. The van der Waals surface area contributed by atoms with E-state index in [1.54, 1.807) is 7.11 Å². The molecule has 3 N–H and O–H groups in total. The summed E-state index contributed by atoms with van der Waals surface area (Å²) in [5.74, 6) is 1.34. The smallest absolute Gasteiger partial charge is 0.255 e. The maximum absolute atomic E-state index is 12.6. The van der Waals surface area contributed by atoms with Gasteiger partial charge in [-0.05, 0) is 74.0 Å². The van der Waals surface area contributed by atoms with E-state index < -0.39 is 0 Å². The number of amidine groups is 1. The summed E-state index contributed by atoms with van der Waals surface area (Å²) in [6, 6.07) is 22.5. The largest absolute Gasteiger partial charge is 0.497 e. The van der Waals surface area contributed by atoms with Crippen molar-refractivity contribution in [2.45, 2.75) is 13.8 Å². The van der Waals surface area contributed by atoms with Crippen molar-refractivity contribution in [3.8, 4) is 5.75 Å². The number of hydrogen-bond acceptors (Lipinski definition) is 5. The molecule has 196 valence electrons. The van der Waals surface area contributed by atoms with Gasteiger partial charge in [0.1, 0.15) is 11.6 Å². The van der Waals surface area contributed by atoms with Crippen molar-refractivity contribution in [1.29, 1.82) is 0 Å². The number of carbonyl (C=O) groups excluding carboxylic acids is 1. The van der Waals surface area contributed by atoms with Crippen LogP contribution in [-0.4, -0.2) is 32.9 Å². The van der Waals surface area contributed by atoms with Crippen molar-refractivity contribution in [2.24, 2.45) is 4.99 Å². The molecule has 0 bridgehead atoms. The van der Waals surface area contributed by atoms with Gasteiger partial charge < -0.3 is 25.6 Å². The molecule has 0 radical (unpaired) electrons. The molecule has 1 amide bonds. The number of amides is 1. The van der Waals surface area contributed by atoms with Gasteiger partial charge in [-0.3, -0.25) is 4.79 Å². The highest BCUT2D eigenvalue weighted by atomic mass is 16.5. The topological polar surface area (TPSA) is 78.0 Å². The van der Waals surface area contributed by atoms with Gasteiger partial charge in [-0.15, -0.1) is 0 Å². The number of benzene rings is 3. The van der Waals surface area contributed by atoms with Crippen LogP contribution in [0.5, 0.6) is 5.75 Å². The monoisotopic (exact) mass is 509 g/mol. The Labute approximate surface area is 225 Å². The maximum Gasteiger partial charge on any atom is 0.255 e. The number of hydrogen-bond donors (Lipinski definition) is 3. The Hall–Kier alpha value is -4.78. The van der Waals surface area contributed by atoms with Crippen molar-refractivity contribution in [1.82, 2.24) is 10.6 Å². The average molecular weight is 510 g/mol. The SMILES string of the molecule is C=C(/C=C(\C)NC(C)=Nc1cccc(OC)c1)NC(=C)c1ccc(NC(=O)c2ccc(N(C)C)cc2)cc1. The highest BCUT2D eigenvalue weighted by molar-refractivity contribution is 6.04. The van der Waals surface area contributed by atoms with Gasteiger partial charge in [-0.2, -0.15) is 0 Å². The van der Waals surface area contributed by atoms with Crippen molar-refractivity contribution < 1.29 is 9.53 Å². The summed E-state index contributed by atoms with van der Waals surface area (Å²) in [6.45, 7) is 12.0. The molecule has 0 atom stereocenters. The van der Waals surface area contributed by atoms with Crippen LogP contribution < -0.4 is 25.6 Å². The number of rotatable bonds is 10. The molecule has 0 aliphatic rings. The molecule has 0 saturated heterocycles. The summed E-state index contributed by atoms with van der Waals surface area (Å²) in [7, 11) is 5.56. The van der Waals surface area contributed by atoms with E-state index in [2.05, 4.69) is 34.1 Å². The van der Waals surface area contributed by atoms with E-state index >= 15 is 0 Å². The summed E-state index contributed by atoms with van der Waals surface area (Å²) in [4.78, 5) is 19.1. The van der Waals surface area contributed by atoms with Crippen LogP contribution in [0.1, 0.15) is 29.8 Å². The zero-order valence-electron chi connectivity index (χ0n) is 22.6. The van der Waals surface area contributed by atoms with Crippen LogP contribution in [0, 0.1) is 0 Å². The molecule has 0 spiro atoms. The molecule has 38 heavy (non-hydrogen) atoms. The summed E-state index contributed by atoms with van der Waals surface area (Å²) in [5.41, 5.74) is 6.26. The number of anilines is 2. The fourth-order valence-electron chi connectivity index (χ4n) is 3.66. The lowest BCUT2D eigenvalue weighted by Gasteiger charge is -2.13. The third-order valence-electron chi connectivity index (χ3n) is 5.57.